The number of amides is 11. The normalized spacial score (nSPS) is 26.5. The van der Waals surface area contributed by atoms with E-state index >= 15 is 9.59 Å². The Bertz CT molecular complexity index is 2440. The molecule has 0 aliphatic carbocycles. The number of aldehydes is 1. The van der Waals surface area contributed by atoms with Crippen molar-refractivity contribution in [3.8, 4) is 0 Å². The Kier molecular flexibility index (Phi) is 34.0. The van der Waals surface area contributed by atoms with Gasteiger partial charge in [-0.15, -0.1) is 0 Å². The van der Waals surface area contributed by atoms with Crippen molar-refractivity contribution in [1.29, 1.82) is 0 Å². The second-order valence-electron chi connectivity index (χ2n) is 26.3. The minimum atomic E-state index is -1.65. The van der Waals surface area contributed by atoms with Crippen molar-refractivity contribution in [2.45, 2.75) is 228 Å². The van der Waals surface area contributed by atoms with E-state index < -0.39 is 162 Å². The molecule has 5 N–H and O–H groups in total. The van der Waals surface area contributed by atoms with Crippen LogP contribution in [0.5, 0.6) is 0 Å². The van der Waals surface area contributed by atoms with E-state index in [2.05, 4.69) is 21.3 Å². The van der Waals surface area contributed by atoms with E-state index in [1.165, 1.54) is 89.7 Å². The van der Waals surface area contributed by atoms with Gasteiger partial charge in [0.15, 0.2) is 0 Å². The number of likely N-dealkylation sites (N-methyl/N-ethyl adjacent to an activating group) is 7. The molecular weight excluding hydrogens is 1150 g/mol. The Hall–Kier alpha value is -6.50. The summed E-state index contributed by atoms with van der Waals surface area (Å²) in [6, 6.07) is -13.0. The lowest BCUT2D eigenvalue weighted by Crippen LogP contribution is -2.63. The Morgan fingerprint density at radius 1 is 0.528 bits per heavy atom. The molecule has 13 atom stereocenters. The van der Waals surface area contributed by atoms with E-state index in [9.17, 15) is 53.1 Å². The van der Waals surface area contributed by atoms with Gasteiger partial charge in [-0.3, -0.25) is 52.7 Å². The number of unbranched alkanes of at least 4 members (excludes halogenated alkanes) is 1. The van der Waals surface area contributed by atoms with Gasteiger partial charge in [-0.05, 0) is 102 Å². The summed E-state index contributed by atoms with van der Waals surface area (Å²) < 4.78 is 6.02. The van der Waals surface area contributed by atoms with E-state index in [0.717, 1.165) is 14.7 Å². The third-order valence-electron chi connectivity index (χ3n) is 16.6. The first-order valence-electron chi connectivity index (χ1n) is 31.7. The highest BCUT2D eigenvalue weighted by Gasteiger charge is 2.46. The van der Waals surface area contributed by atoms with Crippen LogP contribution in [-0.4, -0.2) is 246 Å². The molecule has 0 aromatic rings. The van der Waals surface area contributed by atoms with Gasteiger partial charge in [-0.25, -0.2) is 0 Å². The Balaban J connectivity index is 4.39. The smallest absolute Gasteiger partial charge is 0.246 e. The van der Waals surface area contributed by atoms with Crippen LogP contribution in [0.3, 0.4) is 0 Å². The molecule has 0 aromatic heterocycles. The van der Waals surface area contributed by atoms with Crippen LogP contribution in [0.25, 0.3) is 0 Å². The molecule has 1 saturated heterocycles. The molecule has 1 rings (SSSR count). The maximum absolute atomic E-state index is 15.2. The summed E-state index contributed by atoms with van der Waals surface area (Å²) in [6.45, 7) is 26.8. The van der Waals surface area contributed by atoms with Gasteiger partial charge in [0.25, 0.3) is 0 Å². The molecule has 0 spiro atoms. The number of nitrogens with one attached hydrogen (secondary N) is 4. The number of hydrogen-bond donors (Lipinski definition) is 5. The lowest BCUT2D eigenvalue weighted by Gasteiger charge is -2.41. The van der Waals surface area contributed by atoms with Gasteiger partial charge in [0.1, 0.15) is 66.7 Å². The number of ether oxygens (including phenoxy) is 1. The fourth-order valence-electron chi connectivity index (χ4n) is 11.0. The van der Waals surface area contributed by atoms with Crippen molar-refractivity contribution in [2.75, 3.05) is 62.5 Å². The highest BCUT2D eigenvalue weighted by molar-refractivity contribution is 5.99. The van der Waals surface area contributed by atoms with Crippen molar-refractivity contribution < 1.29 is 67.4 Å². The molecule has 25 nitrogen and oxygen atoms in total. The van der Waals surface area contributed by atoms with E-state index in [-0.39, 0.29) is 69.3 Å². The Labute approximate surface area is 530 Å². The van der Waals surface area contributed by atoms with Crippen molar-refractivity contribution in [3.63, 3.8) is 0 Å². The Morgan fingerprint density at radius 3 is 1.48 bits per heavy atom. The third kappa shape index (κ3) is 23.0. The summed E-state index contributed by atoms with van der Waals surface area (Å²) in [5.41, 5.74) is 0. The van der Waals surface area contributed by atoms with Gasteiger partial charge in [0, 0.05) is 62.4 Å². The first kappa shape index (κ1) is 80.5. The molecule has 89 heavy (non-hydrogen) atoms. The highest BCUT2D eigenvalue weighted by Crippen LogP contribution is 2.26. The quantitative estimate of drug-likeness (QED) is 0.0706. The van der Waals surface area contributed by atoms with E-state index in [1.54, 1.807) is 60.6 Å². The van der Waals surface area contributed by atoms with Crippen LogP contribution < -0.4 is 21.3 Å². The van der Waals surface area contributed by atoms with Crippen molar-refractivity contribution in [3.05, 3.63) is 12.2 Å². The monoisotopic (exact) mass is 1260 g/mol. The number of aliphatic hydroxyl groups excluding tert-OH is 1. The van der Waals surface area contributed by atoms with Crippen molar-refractivity contribution in [2.24, 2.45) is 35.5 Å². The molecule has 1 aliphatic heterocycles. The number of rotatable bonds is 19. The van der Waals surface area contributed by atoms with Crippen LogP contribution in [-0.2, 0) is 62.3 Å². The average molecular weight is 1260 g/mol. The molecule has 1 aliphatic rings. The molecule has 0 saturated carbocycles. The van der Waals surface area contributed by atoms with Gasteiger partial charge in [0.05, 0.1) is 18.8 Å². The zero-order valence-electron chi connectivity index (χ0n) is 57.9. The van der Waals surface area contributed by atoms with Gasteiger partial charge in [0.2, 0.25) is 65.0 Å². The predicted molar refractivity (Wildman–Crippen MR) is 340 cm³/mol. The van der Waals surface area contributed by atoms with E-state index in [4.69, 9.17) is 4.74 Å². The van der Waals surface area contributed by atoms with E-state index in [0.29, 0.717) is 6.29 Å². The van der Waals surface area contributed by atoms with Crippen LogP contribution in [0.2, 0.25) is 0 Å². The second-order valence-corrected chi connectivity index (χ2v) is 26.3. The lowest BCUT2D eigenvalue weighted by molar-refractivity contribution is -0.157. The summed E-state index contributed by atoms with van der Waals surface area (Å²) in [5.74, 6) is -10.4. The predicted octanol–water partition coefficient (Wildman–Crippen LogP) is 2.61. The number of allylic oxidation sites excluding steroid dienone is 2. The molecule has 0 bridgehead atoms. The molecule has 0 radical (unpaired) electrons. The van der Waals surface area contributed by atoms with Crippen molar-refractivity contribution in [1.82, 2.24) is 55.6 Å². The third-order valence-corrected chi connectivity index (χ3v) is 16.6. The topological polar surface area (TPSA) is 305 Å². The zero-order chi connectivity index (χ0) is 68.8. The van der Waals surface area contributed by atoms with Crippen LogP contribution in [0, 0.1) is 35.5 Å². The highest BCUT2D eigenvalue weighted by atomic mass is 16.5. The molecule has 0 unspecified atom stereocenters. The fourth-order valence-corrected chi connectivity index (χ4v) is 11.0. The average Bonchev–Trinajstić information content (AvgIpc) is 0.987. The van der Waals surface area contributed by atoms with Gasteiger partial charge in [-0.1, -0.05) is 95.2 Å². The molecule has 11 amide bonds. The summed E-state index contributed by atoms with van der Waals surface area (Å²) >= 11 is 0. The molecular formula is C64H113N11O14. The van der Waals surface area contributed by atoms with Gasteiger partial charge >= 0.3 is 0 Å². The number of carbonyl (C=O) groups excluding carboxylic acids is 12. The van der Waals surface area contributed by atoms with Crippen LogP contribution >= 0.6 is 0 Å². The first-order valence-corrected chi connectivity index (χ1v) is 31.7. The molecule has 0 aromatic carbocycles. The largest absolute Gasteiger partial charge is 0.390 e. The molecule has 25 heteroatoms. The van der Waals surface area contributed by atoms with Gasteiger partial charge < -0.3 is 70.2 Å². The fraction of sp³-hybridized carbons (Fsp3) is 0.781. The maximum atomic E-state index is 15.2. The SMILES string of the molecule is C/C=C/C[C@@H](C)[C@@H](O)[C@H]1C(=O)N[C@@H](CC)C(=O)N(C)CC(=O)N(C)[C@@H]([C@@H](C)OCCCC=O)C(=O)N[C@@H](C(C)C)C(=O)N(C)[C@H](CC(C)C)C(=O)N[C@@H](C)C(=O)N[C@@H](C)C(=O)N(C)[C@@H](CC(C)C)C(=O)N(C)[C@H](CC(C)C)C(=O)N(C)[C@@H](C(C)C)C(=O)N1C. The number of carbonyl (C=O) groups is 12. The number of nitrogens with zero attached hydrogens (tertiary/aromatic N) is 7. The zero-order valence-corrected chi connectivity index (χ0v) is 57.9. The number of hydrogen-bond acceptors (Lipinski definition) is 14. The first-order chi connectivity index (χ1) is 41.3. The number of aliphatic hydroxyl groups is 1. The maximum Gasteiger partial charge on any atom is 0.246 e. The lowest BCUT2D eigenvalue weighted by atomic mass is 9.91. The van der Waals surface area contributed by atoms with Crippen LogP contribution in [0.1, 0.15) is 156 Å². The second kappa shape index (κ2) is 37.6. The van der Waals surface area contributed by atoms with Crippen molar-refractivity contribution >= 4 is 71.3 Å². The minimum Gasteiger partial charge on any atom is -0.390 e. The molecule has 508 valence electrons. The van der Waals surface area contributed by atoms with Gasteiger partial charge in [-0.2, -0.15) is 0 Å². The van der Waals surface area contributed by atoms with Crippen LogP contribution in [0.4, 0.5) is 0 Å². The summed E-state index contributed by atoms with van der Waals surface area (Å²) in [4.78, 5) is 180. The standard InChI is InChI=1S/C64H113N11O14/c1-24-26-29-41(13)54(78)53-58(82)67-45(25-2)60(84)69(17)35-49(77)73(21)52(44(16)89-31-28-27-30-76)57(81)68-50(39(9)10)63(87)70(18)46(32-36(3)4)56(80)65-42(14)55(79)66-43(15)59(83)71(19)47(33-37(5)6)61(85)72(20)48(34-38(7)8)62(86)74(22)51(40(11)12)64(88)75(53)23/h24,26,30,36-48,50-54,78H,25,27-29,31-35H2,1-23H3,(H,65,80)(H,66,79)(H,67,82)(H,68,81)/b26-24+/t41-,42+,43+,44-,45+,46-,47+,48-,50+,51+,52+,53+,54-/m1/s1. The van der Waals surface area contributed by atoms with E-state index in [1.807, 2.05) is 41.5 Å². The summed E-state index contributed by atoms with van der Waals surface area (Å²) in [7, 11) is 9.69. The van der Waals surface area contributed by atoms with Crippen LogP contribution in [0.15, 0.2) is 12.2 Å². The Morgan fingerprint density at radius 2 is 1.00 bits per heavy atom. The summed E-state index contributed by atoms with van der Waals surface area (Å²) in [6.07, 6.45) is 2.78. The summed E-state index contributed by atoms with van der Waals surface area (Å²) in [5, 5.41) is 23.0. The molecule has 1 fully saturated rings. The molecule has 1 heterocycles. The minimum absolute atomic E-state index is 0.0135.